The lowest BCUT2D eigenvalue weighted by atomic mass is 10.0. The van der Waals surface area contributed by atoms with Crippen LogP contribution in [-0.4, -0.2) is 95.9 Å². The van der Waals surface area contributed by atoms with Crippen LogP contribution in [0.4, 0.5) is 4.79 Å². The number of nitrogens with one attached hydrogen (secondary N) is 3. The Kier molecular flexibility index (Phi) is 9.81. The Morgan fingerprint density at radius 3 is 2.40 bits per heavy atom. The van der Waals surface area contributed by atoms with Crippen molar-refractivity contribution in [3.8, 4) is 5.75 Å². The van der Waals surface area contributed by atoms with E-state index in [0.717, 1.165) is 50.2 Å². The predicted molar refractivity (Wildman–Crippen MR) is 150 cm³/mol. The fourth-order valence-corrected chi connectivity index (χ4v) is 5.20. The van der Waals surface area contributed by atoms with E-state index in [1.165, 1.54) is 18.2 Å². The molecule has 0 saturated carbocycles. The summed E-state index contributed by atoms with van der Waals surface area (Å²) in [5.74, 6) is -2.41. The van der Waals surface area contributed by atoms with Crippen molar-refractivity contribution in [3.63, 3.8) is 0 Å². The summed E-state index contributed by atoms with van der Waals surface area (Å²) in [6.07, 6.45) is 3.18. The fraction of sp³-hybridized carbons (Fsp3) is 0.586. The maximum atomic E-state index is 12.9. The van der Waals surface area contributed by atoms with Gasteiger partial charge in [-0.05, 0) is 77.6 Å². The molecule has 2 saturated heterocycles. The van der Waals surface area contributed by atoms with E-state index in [4.69, 9.17) is 9.47 Å². The maximum absolute atomic E-state index is 12.9. The first-order valence-corrected chi connectivity index (χ1v) is 14.4. The van der Waals surface area contributed by atoms with E-state index in [0.29, 0.717) is 6.54 Å². The zero-order valence-corrected chi connectivity index (χ0v) is 24.3. The normalized spacial score (nSPS) is 19.8. The maximum Gasteiger partial charge on any atom is 0.407 e. The minimum absolute atomic E-state index is 0.0427. The Hall–Kier alpha value is -4.00. The van der Waals surface area contributed by atoms with Gasteiger partial charge in [-0.1, -0.05) is 0 Å². The van der Waals surface area contributed by atoms with Gasteiger partial charge in [-0.15, -0.1) is 0 Å². The van der Waals surface area contributed by atoms with Crippen molar-refractivity contribution >= 4 is 35.6 Å². The number of ether oxygens (including phenoxy) is 2. The molecular weight excluding hydrogens is 546 g/mol. The molecule has 0 radical (unpaired) electrons. The summed E-state index contributed by atoms with van der Waals surface area (Å²) in [5, 5.41) is 7.92. The Balaban J connectivity index is 1.12. The van der Waals surface area contributed by atoms with Crippen molar-refractivity contribution in [3.05, 3.63) is 29.3 Å². The number of carbonyl (C=O) groups excluding carboxylic acids is 6. The number of carbonyl (C=O) groups is 6. The highest BCUT2D eigenvalue weighted by Gasteiger charge is 2.44. The summed E-state index contributed by atoms with van der Waals surface area (Å²) in [6.45, 7) is 8.45. The van der Waals surface area contributed by atoms with Gasteiger partial charge in [0.15, 0.2) is 6.61 Å². The van der Waals surface area contributed by atoms with Crippen LogP contribution in [0, 0.1) is 0 Å². The van der Waals surface area contributed by atoms with Crippen LogP contribution in [0.2, 0.25) is 0 Å². The van der Waals surface area contributed by atoms with Crippen molar-refractivity contribution in [2.75, 3.05) is 32.8 Å². The first kappa shape index (κ1) is 30.9. The third kappa shape index (κ3) is 8.05. The lowest BCUT2D eigenvalue weighted by molar-refractivity contribution is -0.136. The number of nitrogens with zero attached hydrogens (tertiary/aromatic N) is 2. The minimum Gasteiger partial charge on any atom is -0.484 e. The first-order valence-electron chi connectivity index (χ1n) is 14.4. The van der Waals surface area contributed by atoms with Gasteiger partial charge in [0, 0.05) is 32.1 Å². The van der Waals surface area contributed by atoms with Gasteiger partial charge in [0.05, 0.1) is 11.1 Å². The number of hydrogen-bond acceptors (Lipinski definition) is 9. The van der Waals surface area contributed by atoms with Crippen molar-refractivity contribution < 1.29 is 38.2 Å². The molecule has 3 aliphatic rings. The van der Waals surface area contributed by atoms with Crippen LogP contribution in [0.15, 0.2) is 18.2 Å². The first-order chi connectivity index (χ1) is 19.9. The Labute approximate surface area is 244 Å². The summed E-state index contributed by atoms with van der Waals surface area (Å²) in [4.78, 5) is 76.8. The Bertz CT molecular complexity index is 1230. The van der Waals surface area contributed by atoms with Crippen LogP contribution in [0.1, 0.15) is 80.0 Å². The average Bonchev–Trinajstić information content (AvgIpc) is 3.16. The number of benzene rings is 1. The molecule has 1 aromatic carbocycles. The lowest BCUT2D eigenvalue weighted by Crippen LogP contribution is -2.54. The van der Waals surface area contributed by atoms with Crippen LogP contribution in [0.3, 0.4) is 0 Å². The third-order valence-corrected chi connectivity index (χ3v) is 7.31. The number of unbranched alkanes of at least 4 members (excludes halogenated alkanes) is 1. The summed E-state index contributed by atoms with van der Waals surface area (Å²) < 4.78 is 10.9. The number of rotatable bonds is 10. The highest BCUT2D eigenvalue weighted by molar-refractivity contribution is 6.23. The molecule has 0 bridgehead atoms. The van der Waals surface area contributed by atoms with Crippen LogP contribution < -0.4 is 20.7 Å². The molecule has 0 spiro atoms. The molecule has 3 aliphatic heterocycles. The smallest absolute Gasteiger partial charge is 0.407 e. The van der Waals surface area contributed by atoms with Crippen LogP contribution in [-0.2, 0) is 19.1 Å². The summed E-state index contributed by atoms with van der Waals surface area (Å²) in [7, 11) is 0. The molecular formula is C29H39N5O8. The van der Waals surface area contributed by atoms with Crippen LogP contribution in [0.5, 0.6) is 5.75 Å². The molecule has 228 valence electrons. The number of hydrogen-bond donors (Lipinski definition) is 3. The molecule has 4 rings (SSSR count). The lowest BCUT2D eigenvalue weighted by Gasteiger charge is -2.32. The average molecular weight is 586 g/mol. The summed E-state index contributed by atoms with van der Waals surface area (Å²) in [5.41, 5.74) is -0.281. The molecule has 0 aliphatic carbocycles. The van der Waals surface area contributed by atoms with E-state index < -0.39 is 35.3 Å². The van der Waals surface area contributed by atoms with Gasteiger partial charge in [-0.25, -0.2) is 4.79 Å². The quantitative estimate of drug-likeness (QED) is 0.272. The van der Waals surface area contributed by atoms with Gasteiger partial charge in [0.25, 0.3) is 17.7 Å². The molecule has 2 fully saturated rings. The van der Waals surface area contributed by atoms with E-state index in [1.807, 2.05) is 20.8 Å². The van der Waals surface area contributed by atoms with Gasteiger partial charge in [0.1, 0.15) is 17.4 Å². The van der Waals surface area contributed by atoms with E-state index >= 15 is 0 Å². The van der Waals surface area contributed by atoms with E-state index in [1.54, 1.807) is 0 Å². The molecule has 1 unspecified atom stereocenters. The van der Waals surface area contributed by atoms with E-state index in [2.05, 4.69) is 20.9 Å². The van der Waals surface area contributed by atoms with E-state index in [-0.39, 0.29) is 54.4 Å². The standard InChI is InChI=1S/C29H39N5O8/c1-29(2,3)42-28(40)31-18-10-14-33(15-11-18)13-5-4-12-30-24(36)17-41-19-6-7-20-21(16-19)27(39)34(26(20)38)22-8-9-23(35)32-25(22)37/h6-7,16,18,22H,4-5,8-15,17H2,1-3H3,(H,30,36)(H,31,40)(H,32,35,37). The Morgan fingerprint density at radius 2 is 1.71 bits per heavy atom. The zero-order chi connectivity index (χ0) is 30.4. The second-order valence-corrected chi connectivity index (χ2v) is 11.8. The zero-order valence-electron chi connectivity index (χ0n) is 24.3. The number of alkyl carbamates (subject to hydrolysis) is 1. The van der Waals surface area contributed by atoms with Gasteiger partial charge in [-0.3, -0.25) is 34.2 Å². The van der Waals surface area contributed by atoms with Crippen LogP contribution in [0.25, 0.3) is 0 Å². The molecule has 42 heavy (non-hydrogen) atoms. The highest BCUT2D eigenvalue weighted by Crippen LogP contribution is 2.30. The number of amides is 6. The molecule has 6 amide bonds. The largest absolute Gasteiger partial charge is 0.484 e. The monoisotopic (exact) mass is 585 g/mol. The number of imide groups is 2. The van der Waals surface area contributed by atoms with Crippen molar-refractivity contribution in [2.45, 2.75) is 77.0 Å². The Morgan fingerprint density at radius 1 is 1.00 bits per heavy atom. The van der Waals surface area contributed by atoms with E-state index in [9.17, 15) is 28.8 Å². The van der Waals surface area contributed by atoms with Crippen molar-refractivity contribution in [1.82, 2.24) is 25.8 Å². The molecule has 13 nitrogen and oxygen atoms in total. The number of likely N-dealkylation sites (tertiary alicyclic amines) is 1. The second-order valence-electron chi connectivity index (χ2n) is 11.8. The SMILES string of the molecule is CC(C)(C)OC(=O)NC1CCN(CCCCNC(=O)COc2ccc3c(c2)C(=O)N(C2CCC(=O)NC2=O)C3=O)CC1. The number of fused-ring (bicyclic) bond motifs is 1. The van der Waals surface area contributed by atoms with Crippen molar-refractivity contribution in [2.24, 2.45) is 0 Å². The third-order valence-electron chi connectivity index (χ3n) is 7.31. The summed E-state index contributed by atoms with van der Waals surface area (Å²) >= 11 is 0. The van der Waals surface area contributed by atoms with Crippen molar-refractivity contribution in [1.29, 1.82) is 0 Å². The fourth-order valence-electron chi connectivity index (χ4n) is 5.20. The molecule has 13 heteroatoms. The molecule has 0 aromatic heterocycles. The van der Waals surface area contributed by atoms with Crippen LogP contribution >= 0.6 is 0 Å². The summed E-state index contributed by atoms with van der Waals surface area (Å²) in [6, 6.07) is 3.39. The molecule has 1 aromatic rings. The predicted octanol–water partition coefficient (Wildman–Crippen LogP) is 1.35. The molecule has 1 atom stereocenters. The van der Waals surface area contributed by atoms with Gasteiger partial charge >= 0.3 is 6.09 Å². The van der Waals surface area contributed by atoms with Gasteiger partial charge in [-0.2, -0.15) is 0 Å². The molecule has 3 N–H and O–H groups in total. The minimum atomic E-state index is -1.04. The topological polar surface area (TPSA) is 163 Å². The highest BCUT2D eigenvalue weighted by atomic mass is 16.6. The van der Waals surface area contributed by atoms with Gasteiger partial charge < -0.3 is 25.0 Å². The number of piperidine rings is 2. The molecule has 3 heterocycles. The second kappa shape index (κ2) is 13.3. The van der Waals surface area contributed by atoms with Gasteiger partial charge in [0.2, 0.25) is 11.8 Å².